The summed E-state index contributed by atoms with van der Waals surface area (Å²) in [7, 11) is 0. The number of ether oxygens (including phenoxy) is 1. The van der Waals surface area contributed by atoms with Crippen molar-refractivity contribution in [1.29, 1.82) is 0 Å². The number of carbonyl (C=O) groups excluding carboxylic acids is 2. The number of hydrogen-bond acceptors (Lipinski definition) is 6. The zero-order valence-corrected chi connectivity index (χ0v) is 16.1. The van der Waals surface area contributed by atoms with E-state index in [1.165, 1.54) is 0 Å². The van der Waals surface area contributed by atoms with E-state index in [2.05, 4.69) is 15.5 Å². The number of aryl methyl sites for hydroxylation is 1. The SMILES string of the molecule is CCOc1ccc(-c2noc(CCC(=O)NCc3cccc(C(N)=O)c3)n2)cc1. The van der Waals surface area contributed by atoms with Crippen molar-refractivity contribution in [3.63, 3.8) is 0 Å². The molecule has 0 fully saturated rings. The molecule has 29 heavy (non-hydrogen) atoms. The first kappa shape index (κ1) is 20.1. The molecular weight excluding hydrogens is 372 g/mol. The van der Waals surface area contributed by atoms with Gasteiger partial charge in [0.15, 0.2) is 0 Å². The van der Waals surface area contributed by atoms with Crippen molar-refractivity contribution in [2.75, 3.05) is 6.61 Å². The molecule has 150 valence electrons. The van der Waals surface area contributed by atoms with Crippen LogP contribution in [0.5, 0.6) is 5.75 Å². The van der Waals surface area contributed by atoms with Crippen molar-refractivity contribution in [2.45, 2.75) is 26.3 Å². The highest BCUT2D eigenvalue weighted by atomic mass is 16.5. The molecule has 0 aliphatic rings. The van der Waals surface area contributed by atoms with Crippen LogP contribution in [0.3, 0.4) is 0 Å². The Labute approximate surface area is 168 Å². The summed E-state index contributed by atoms with van der Waals surface area (Å²) in [5, 5.41) is 6.75. The molecule has 8 nitrogen and oxygen atoms in total. The summed E-state index contributed by atoms with van der Waals surface area (Å²) < 4.78 is 10.6. The van der Waals surface area contributed by atoms with Gasteiger partial charge in [0.2, 0.25) is 23.5 Å². The van der Waals surface area contributed by atoms with Gasteiger partial charge in [0, 0.05) is 30.5 Å². The molecule has 1 heterocycles. The maximum Gasteiger partial charge on any atom is 0.248 e. The minimum absolute atomic E-state index is 0.157. The number of hydrogen-bond donors (Lipinski definition) is 2. The molecule has 2 aromatic carbocycles. The summed E-state index contributed by atoms with van der Waals surface area (Å²) >= 11 is 0. The second-order valence-corrected chi connectivity index (χ2v) is 6.31. The van der Waals surface area contributed by atoms with Crippen LogP contribution in [0.1, 0.15) is 35.2 Å². The third-order valence-electron chi connectivity index (χ3n) is 4.16. The van der Waals surface area contributed by atoms with Gasteiger partial charge < -0.3 is 20.3 Å². The highest BCUT2D eigenvalue weighted by Crippen LogP contribution is 2.20. The Hall–Kier alpha value is -3.68. The second-order valence-electron chi connectivity index (χ2n) is 6.31. The van der Waals surface area contributed by atoms with Gasteiger partial charge in [-0.2, -0.15) is 4.98 Å². The molecule has 3 N–H and O–H groups in total. The zero-order chi connectivity index (χ0) is 20.6. The number of primary amides is 1. The van der Waals surface area contributed by atoms with Gasteiger partial charge in [-0.15, -0.1) is 0 Å². The summed E-state index contributed by atoms with van der Waals surface area (Å²) in [5.74, 6) is 0.970. The number of nitrogens with two attached hydrogens (primary N) is 1. The Morgan fingerprint density at radius 1 is 1.17 bits per heavy atom. The molecule has 0 spiro atoms. The van der Waals surface area contributed by atoms with Crippen molar-refractivity contribution in [3.05, 3.63) is 65.5 Å². The second kappa shape index (κ2) is 9.50. The fourth-order valence-electron chi connectivity index (χ4n) is 2.68. The quantitative estimate of drug-likeness (QED) is 0.575. The number of aromatic nitrogens is 2. The van der Waals surface area contributed by atoms with E-state index in [1.54, 1.807) is 18.2 Å². The lowest BCUT2D eigenvalue weighted by Crippen LogP contribution is -2.23. The van der Waals surface area contributed by atoms with Crippen molar-refractivity contribution < 1.29 is 18.8 Å². The van der Waals surface area contributed by atoms with E-state index in [1.807, 2.05) is 37.3 Å². The minimum atomic E-state index is -0.502. The fourth-order valence-corrected chi connectivity index (χ4v) is 2.68. The average Bonchev–Trinajstić information content (AvgIpc) is 3.21. The van der Waals surface area contributed by atoms with E-state index in [-0.39, 0.29) is 12.3 Å². The van der Waals surface area contributed by atoms with Gasteiger partial charge in [0.1, 0.15) is 5.75 Å². The molecule has 0 aliphatic heterocycles. The van der Waals surface area contributed by atoms with Crippen molar-refractivity contribution in [1.82, 2.24) is 15.5 Å². The van der Waals surface area contributed by atoms with Gasteiger partial charge in [-0.25, -0.2) is 0 Å². The van der Waals surface area contributed by atoms with E-state index < -0.39 is 5.91 Å². The van der Waals surface area contributed by atoms with Crippen LogP contribution >= 0.6 is 0 Å². The normalized spacial score (nSPS) is 10.5. The predicted molar refractivity (Wildman–Crippen MR) is 106 cm³/mol. The van der Waals surface area contributed by atoms with E-state index >= 15 is 0 Å². The first-order valence-corrected chi connectivity index (χ1v) is 9.26. The Balaban J connectivity index is 1.49. The average molecular weight is 394 g/mol. The summed E-state index contributed by atoms with van der Waals surface area (Å²) in [5.41, 5.74) is 7.27. The van der Waals surface area contributed by atoms with Crippen LogP contribution in [-0.2, 0) is 17.8 Å². The summed E-state index contributed by atoms with van der Waals surface area (Å²) in [6.45, 7) is 2.83. The largest absolute Gasteiger partial charge is 0.494 e. The Morgan fingerprint density at radius 3 is 2.69 bits per heavy atom. The van der Waals surface area contributed by atoms with Crippen molar-refractivity contribution in [2.24, 2.45) is 5.73 Å². The van der Waals surface area contributed by atoms with Crippen molar-refractivity contribution in [3.8, 4) is 17.1 Å². The predicted octanol–water partition coefficient (Wildman–Crippen LogP) is 2.48. The Kier molecular flexibility index (Phi) is 6.57. The van der Waals surface area contributed by atoms with Crippen molar-refractivity contribution >= 4 is 11.8 Å². The monoisotopic (exact) mass is 394 g/mol. The molecule has 3 rings (SSSR count). The third-order valence-corrected chi connectivity index (χ3v) is 4.16. The maximum absolute atomic E-state index is 12.1. The van der Waals surface area contributed by atoms with E-state index in [4.69, 9.17) is 15.0 Å². The van der Waals surface area contributed by atoms with Gasteiger partial charge in [-0.1, -0.05) is 17.3 Å². The van der Waals surface area contributed by atoms with Gasteiger partial charge >= 0.3 is 0 Å². The first-order valence-electron chi connectivity index (χ1n) is 9.26. The molecule has 1 aromatic heterocycles. The van der Waals surface area contributed by atoms with E-state index in [0.717, 1.165) is 16.9 Å². The molecule has 2 amide bonds. The molecule has 0 saturated carbocycles. The van der Waals surface area contributed by atoms with Crippen LogP contribution in [0.15, 0.2) is 53.1 Å². The lowest BCUT2D eigenvalue weighted by molar-refractivity contribution is -0.121. The Bertz CT molecular complexity index is 982. The number of rotatable bonds is 9. The number of nitrogens with one attached hydrogen (secondary N) is 1. The van der Waals surface area contributed by atoms with E-state index in [9.17, 15) is 9.59 Å². The van der Waals surface area contributed by atoms with Gasteiger partial charge in [-0.05, 0) is 48.9 Å². The summed E-state index contributed by atoms with van der Waals surface area (Å²) in [6.07, 6.45) is 0.539. The van der Waals surface area contributed by atoms with Crippen LogP contribution in [0.4, 0.5) is 0 Å². The summed E-state index contributed by atoms with van der Waals surface area (Å²) in [6, 6.07) is 14.2. The van der Waals surface area contributed by atoms with Crippen LogP contribution in [0.25, 0.3) is 11.4 Å². The maximum atomic E-state index is 12.1. The fraction of sp³-hybridized carbons (Fsp3) is 0.238. The smallest absolute Gasteiger partial charge is 0.248 e. The first-order chi connectivity index (χ1) is 14.0. The number of carbonyl (C=O) groups is 2. The third kappa shape index (κ3) is 5.65. The highest BCUT2D eigenvalue weighted by Gasteiger charge is 2.11. The molecule has 0 unspecified atom stereocenters. The molecule has 8 heteroatoms. The topological polar surface area (TPSA) is 120 Å². The van der Waals surface area contributed by atoms with Gasteiger partial charge in [-0.3, -0.25) is 9.59 Å². The molecular formula is C21H22N4O4. The van der Waals surface area contributed by atoms with Crippen LogP contribution in [-0.4, -0.2) is 28.6 Å². The van der Waals surface area contributed by atoms with Gasteiger partial charge in [0.05, 0.1) is 6.61 Å². The number of amides is 2. The highest BCUT2D eigenvalue weighted by molar-refractivity contribution is 5.92. The van der Waals surface area contributed by atoms with Crippen LogP contribution in [0, 0.1) is 0 Å². The van der Waals surface area contributed by atoms with Gasteiger partial charge in [0.25, 0.3) is 0 Å². The standard InChI is InChI=1S/C21H22N4O4/c1-2-28-17-8-6-15(7-9-17)21-24-19(29-25-21)11-10-18(26)23-13-14-4-3-5-16(12-14)20(22)27/h3-9,12H,2,10-11,13H2,1H3,(H2,22,27)(H,23,26). The van der Waals surface area contributed by atoms with Crippen LogP contribution < -0.4 is 15.8 Å². The van der Waals surface area contributed by atoms with E-state index in [0.29, 0.717) is 36.9 Å². The Morgan fingerprint density at radius 2 is 1.97 bits per heavy atom. The molecule has 0 aliphatic carbocycles. The number of nitrogens with zero attached hydrogens (tertiary/aromatic N) is 2. The summed E-state index contributed by atoms with van der Waals surface area (Å²) in [4.78, 5) is 27.6. The minimum Gasteiger partial charge on any atom is -0.494 e. The molecule has 0 atom stereocenters. The molecule has 0 bridgehead atoms. The van der Waals surface area contributed by atoms with Crippen LogP contribution in [0.2, 0.25) is 0 Å². The lowest BCUT2D eigenvalue weighted by atomic mass is 10.1. The molecule has 0 saturated heterocycles. The zero-order valence-electron chi connectivity index (χ0n) is 16.1. The lowest BCUT2D eigenvalue weighted by Gasteiger charge is -2.05. The number of benzene rings is 2. The molecule has 3 aromatic rings. The molecule has 0 radical (unpaired) electrons.